The van der Waals surface area contributed by atoms with Crippen molar-refractivity contribution in [1.29, 1.82) is 0 Å². The van der Waals surface area contributed by atoms with Crippen LogP contribution < -0.4 is 0 Å². The number of halogens is 1. The van der Waals surface area contributed by atoms with Crippen molar-refractivity contribution in [3.63, 3.8) is 0 Å². The molecule has 0 bridgehead atoms. The molecule has 1 aromatic carbocycles. The zero-order valence-corrected chi connectivity index (χ0v) is 14.4. The van der Waals surface area contributed by atoms with Crippen molar-refractivity contribution in [3.05, 3.63) is 52.9 Å². The number of nitrogens with zero attached hydrogens (tertiary/aromatic N) is 2. The summed E-state index contributed by atoms with van der Waals surface area (Å²) in [6.45, 7) is 6.11. The monoisotopic (exact) mass is 344 g/mol. The van der Waals surface area contributed by atoms with Crippen molar-refractivity contribution in [3.8, 4) is 11.3 Å². The number of carbonyl (C=O) groups is 1. The van der Waals surface area contributed by atoms with E-state index in [1.54, 1.807) is 18.2 Å². The summed E-state index contributed by atoms with van der Waals surface area (Å²) in [6.07, 6.45) is 2.69. The van der Waals surface area contributed by atoms with Crippen molar-refractivity contribution in [2.75, 3.05) is 0 Å². The van der Waals surface area contributed by atoms with E-state index in [2.05, 4.69) is 4.98 Å². The molecule has 2 aromatic heterocycles. The SMILES string of the molecule is CC(C)(C)c1nc2scc(-c3ccc(F)cc3)n2c1/C=C/C(=O)O. The van der Waals surface area contributed by atoms with Crippen LogP contribution in [0.4, 0.5) is 4.39 Å². The second-order valence-electron chi connectivity index (χ2n) is 6.51. The number of rotatable bonds is 3. The number of hydrogen-bond acceptors (Lipinski definition) is 3. The Morgan fingerprint density at radius 1 is 1.29 bits per heavy atom. The molecule has 0 saturated carbocycles. The molecular formula is C18H17FN2O2S. The molecule has 0 radical (unpaired) electrons. The number of fused-ring (bicyclic) bond motifs is 1. The van der Waals surface area contributed by atoms with Gasteiger partial charge in [-0.25, -0.2) is 14.2 Å². The van der Waals surface area contributed by atoms with Crippen LogP contribution in [0.25, 0.3) is 22.3 Å². The Bertz CT molecular complexity index is 930. The van der Waals surface area contributed by atoms with Crippen LogP contribution in [0.15, 0.2) is 35.7 Å². The number of hydrogen-bond donors (Lipinski definition) is 1. The van der Waals surface area contributed by atoms with Crippen LogP contribution in [0.3, 0.4) is 0 Å². The predicted octanol–water partition coefficient (Wildman–Crippen LogP) is 4.60. The van der Waals surface area contributed by atoms with Crippen LogP contribution in [0.5, 0.6) is 0 Å². The van der Waals surface area contributed by atoms with E-state index in [9.17, 15) is 9.18 Å². The van der Waals surface area contributed by atoms with E-state index in [1.165, 1.54) is 23.5 Å². The molecule has 3 aromatic rings. The fourth-order valence-corrected chi connectivity index (χ4v) is 3.46. The maximum atomic E-state index is 13.2. The van der Waals surface area contributed by atoms with Crippen molar-refractivity contribution in [1.82, 2.24) is 9.38 Å². The minimum Gasteiger partial charge on any atom is -0.478 e. The molecule has 1 N–H and O–H groups in total. The van der Waals surface area contributed by atoms with Crippen LogP contribution in [0.2, 0.25) is 0 Å². The lowest BCUT2D eigenvalue weighted by molar-refractivity contribution is -0.131. The zero-order chi connectivity index (χ0) is 17.5. The molecule has 0 aliphatic carbocycles. The zero-order valence-electron chi connectivity index (χ0n) is 13.6. The normalized spacial score (nSPS) is 12.3. The largest absolute Gasteiger partial charge is 0.478 e. The van der Waals surface area contributed by atoms with E-state index in [0.717, 1.165) is 33.7 Å². The highest BCUT2D eigenvalue weighted by Gasteiger charge is 2.25. The number of carboxylic acid groups (broad SMARTS) is 1. The molecule has 2 heterocycles. The number of thiazole rings is 1. The van der Waals surface area contributed by atoms with Crippen LogP contribution in [-0.2, 0) is 10.2 Å². The third-order valence-corrected chi connectivity index (χ3v) is 4.46. The Morgan fingerprint density at radius 3 is 2.54 bits per heavy atom. The third-order valence-electron chi connectivity index (χ3n) is 3.63. The first-order valence-electron chi connectivity index (χ1n) is 7.45. The van der Waals surface area contributed by atoms with Gasteiger partial charge in [0.15, 0.2) is 4.96 Å². The summed E-state index contributed by atoms with van der Waals surface area (Å²) < 4.78 is 15.1. The van der Waals surface area contributed by atoms with Gasteiger partial charge in [0.25, 0.3) is 0 Å². The molecule has 0 amide bonds. The van der Waals surface area contributed by atoms with Crippen molar-refractivity contribution in [2.24, 2.45) is 0 Å². The van der Waals surface area contributed by atoms with E-state index in [0.29, 0.717) is 0 Å². The fourth-order valence-electron chi connectivity index (χ4n) is 2.56. The van der Waals surface area contributed by atoms with Crippen molar-refractivity contribution < 1.29 is 14.3 Å². The average Bonchev–Trinajstić information content (AvgIpc) is 3.04. The number of carboxylic acids is 1. The summed E-state index contributed by atoms with van der Waals surface area (Å²) in [6, 6.07) is 6.23. The van der Waals surface area contributed by atoms with Gasteiger partial charge in [0, 0.05) is 16.9 Å². The molecule has 0 atom stereocenters. The van der Waals surface area contributed by atoms with Crippen LogP contribution in [0.1, 0.15) is 32.2 Å². The molecule has 24 heavy (non-hydrogen) atoms. The maximum absolute atomic E-state index is 13.2. The first-order valence-corrected chi connectivity index (χ1v) is 8.32. The minimum atomic E-state index is -1.01. The van der Waals surface area contributed by atoms with Gasteiger partial charge < -0.3 is 5.11 Å². The lowest BCUT2D eigenvalue weighted by Crippen LogP contribution is -2.13. The molecule has 0 spiro atoms. The molecule has 0 saturated heterocycles. The van der Waals surface area contributed by atoms with Gasteiger partial charge in [-0.05, 0) is 35.9 Å². The average molecular weight is 344 g/mol. The summed E-state index contributed by atoms with van der Waals surface area (Å²) in [5.41, 5.74) is 3.05. The summed E-state index contributed by atoms with van der Waals surface area (Å²) in [5, 5.41) is 10.9. The van der Waals surface area contributed by atoms with Crippen LogP contribution in [-0.4, -0.2) is 20.5 Å². The van der Waals surface area contributed by atoms with Gasteiger partial charge in [0.2, 0.25) is 0 Å². The first-order chi connectivity index (χ1) is 11.3. The highest BCUT2D eigenvalue weighted by atomic mass is 32.1. The Morgan fingerprint density at radius 2 is 1.96 bits per heavy atom. The highest BCUT2D eigenvalue weighted by molar-refractivity contribution is 7.15. The van der Waals surface area contributed by atoms with Crippen molar-refractivity contribution in [2.45, 2.75) is 26.2 Å². The first kappa shape index (κ1) is 16.4. The minimum absolute atomic E-state index is 0.232. The highest BCUT2D eigenvalue weighted by Crippen LogP contribution is 2.34. The Labute approximate surface area is 142 Å². The summed E-state index contributed by atoms with van der Waals surface area (Å²) in [5.74, 6) is -1.30. The molecule has 0 unspecified atom stereocenters. The van der Waals surface area contributed by atoms with E-state index >= 15 is 0 Å². The fraction of sp³-hybridized carbons (Fsp3) is 0.222. The van der Waals surface area contributed by atoms with E-state index < -0.39 is 5.97 Å². The van der Waals surface area contributed by atoms with E-state index in [1.807, 2.05) is 30.6 Å². The van der Waals surface area contributed by atoms with Gasteiger partial charge in [-0.2, -0.15) is 0 Å². The molecule has 3 rings (SSSR count). The molecule has 6 heteroatoms. The topological polar surface area (TPSA) is 54.6 Å². The maximum Gasteiger partial charge on any atom is 0.328 e. The number of imidazole rings is 1. The molecule has 0 fully saturated rings. The molecular weight excluding hydrogens is 327 g/mol. The second-order valence-corrected chi connectivity index (χ2v) is 7.35. The quantitative estimate of drug-likeness (QED) is 0.707. The molecule has 124 valence electrons. The summed E-state index contributed by atoms with van der Waals surface area (Å²) in [7, 11) is 0. The van der Waals surface area contributed by atoms with Gasteiger partial charge in [-0.3, -0.25) is 4.40 Å². The lowest BCUT2D eigenvalue weighted by atomic mass is 9.90. The summed E-state index contributed by atoms with van der Waals surface area (Å²) in [4.78, 5) is 16.4. The molecule has 0 aliphatic rings. The van der Waals surface area contributed by atoms with Gasteiger partial charge in [-0.1, -0.05) is 20.8 Å². The number of aromatic nitrogens is 2. The Kier molecular flexibility index (Phi) is 4.01. The summed E-state index contributed by atoms with van der Waals surface area (Å²) >= 11 is 1.48. The third kappa shape index (κ3) is 2.97. The van der Waals surface area contributed by atoms with E-state index in [-0.39, 0.29) is 11.2 Å². The van der Waals surface area contributed by atoms with Gasteiger partial charge in [0.05, 0.1) is 17.1 Å². The molecule has 0 aliphatic heterocycles. The number of aliphatic carboxylic acids is 1. The molecule has 4 nitrogen and oxygen atoms in total. The lowest BCUT2D eigenvalue weighted by Gasteiger charge is -2.17. The smallest absolute Gasteiger partial charge is 0.328 e. The predicted molar refractivity (Wildman–Crippen MR) is 93.8 cm³/mol. The standard InChI is InChI=1S/C18H17FN2O2S/c1-18(2,3)16-13(8-9-15(22)23)21-14(10-24-17(21)20-16)11-4-6-12(19)7-5-11/h4-10H,1-3H3,(H,22,23)/b9-8+. The Hall–Kier alpha value is -2.47. The van der Waals surface area contributed by atoms with Crippen molar-refractivity contribution >= 4 is 28.3 Å². The van der Waals surface area contributed by atoms with Crippen LogP contribution in [0, 0.1) is 5.82 Å². The van der Waals surface area contributed by atoms with E-state index in [4.69, 9.17) is 5.11 Å². The van der Waals surface area contributed by atoms with Gasteiger partial charge >= 0.3 is 5.97 Å². The van der Waals surface area contributed by atoms with Gasteiger partial charge in [0.1, 0.15) is 5.82 Å². The Balaban J connectivity index is 2.28. The van der Waals surface area contributed by atoms with Crippen LogP contribution >= 0.6 is 11.3 Å². The second kappa shape index (κ2) is 5.87. The van der Waals surface area contributed by atoms with Gasteiger partial charge in [-0.15, -0.1) is 11.3 Å². The number of benzene rings is 1.